The van der Waals surface area contributed by atoms with Crippen LogP contribution in [0.15, 0.2) is 16.9 Å². The lowest BCUT2D eigenvalue weighted by molar-refractivity contribution is 0.0432. The summed E-state index contributed by atoms with van der Waals surface area (Å²) in [7, 11) is 0. The van der Waals surface area contributed by atoms with E-state index in [1.165, 1.54) is 12.8 Å². The zero-order valence-corrected chi connectivity index (χ0v) is 13.4. The molecule has 2 atom stereocenters. The van der Waals surface area contributed by atoms with Crippen molar-refractivity contribution in [3.63, 3.8) is 0 Å². The van der Waals surface area contributed by atoms with Gasteiger partial charge in [0.15, 0.2) is 0 Å². The molecule has 3 aliphatic rings. The van der Waals surface area contributed by atoms with Crippen molar-refractivity contribution >= 4 is 0 Å². The molecule has 4 rings (SSSR count). The van der Waals surface area contributed by atoms with Crippen molar-refractivity contribution in [3.8, 4) is 0 Å². The second kappa shape index (κ2) is 6.00. The highest BCUT2D eigenvalue weighted by Crippen LogP contribution is 2.38. The Morgan fingerprint density at radius 2 is 2.09 bits per heavy atom. The summed E-state index contributed by atoms with van der Waals surface area (Å²) in [5.74, 6) is 0.523. The first-order valence-corrected chi connectivity index (χ1v) is 8.78. The molecular weight excluding hydrogens is 294 g/mol. The second-order valence-electron chi connectivity index (χ2n) is 7.34. The number of nitrogens with one attached hydrogen (secondary N) is 1. The molecule has 2 aliphatic carbocycles. The van der Waals surface area contributed by atoms with Crippen molar-refractivity contribution in [2.45, 2.75) is 62.1 Å². The molecule has 0 radical (unpaired) electrons. The van der Waals surface area contributed by atoms with Crippen molar-refractivity contribution in [2.24, 2.45) is 0 Å². The summed E-state index contributed by atoms with van der Waals surface area (Å²) >= 11 is 0. The molecule has 6 heteroatoms. The molecule has 1 aromatic heterocycles. The van der Waals surface area contributed by atoms with Crippen LogP contribution in [0.5, 0.6) is 0 Å². The first-order valence-electron chi connectivity index (χ1n) is 8.78. The van der Waals surface area contributed by atoms with E-state index in [4.69, 9.17) is 4.74 Å². The molecule has 126 valence electrons. The maximum Gasteiger partial charge on any atom is 0.267 e. The number of hydrogen-bond donors (Lipinski definition) is 2. The first-order chi connectivity index (χ1) is 11.1. The van der Waals surface area contributed by atoms with Crippen molar-refractivity contribution in [1.82, 2.24) is 15.1 Å². The number of ether oxygens (including phenoxy) is 1. The smallest absolute Gasteiger partial charge is 0.267 e. The Bertz CT molecular complexity index is 620. The van der Waals surface area contributed by atoms with Gasteiger partial charge in [-0.2, -0.15) is 5.10 Å². The van der Waals surface area contributed by atoms with Crippen LogP contribution in [0.2, 0.25) is 0 Å². The highest BCUT2D eigenvalue weighted by molar-refractivity contribution is 5.13. The fourth-order valence-corrected chi connectivity index (χ4v) is 3.78. The van der Waals surface area contributed by atoms with Crippen LogP contribution in [0.3, 0.4) is 0 Å². The molecule has 1 aliphatic heterocycles. The van der Waals surface area contributed by atoms with Gasteiger partial charge in [-0.1, -0.05) is 12.8 Å². The molecule has 1 saturated heterocycles. The van der Waals surface area contributed by atoms with E-state index in [1.54, 1.807) is 10.7 Å². The van der Waals surface area contributed by atoms with Gasteiger partial charge in [0, 0.05) is 18.5 Å². The van der Waals surface area contributed by atoms with Gasteiger partial charge in [-0.3, -0.25) is 4.79 Å². The van der Waals surface area contributed by atoms with Crippen molar-refractivity contribution < 1.29 is 9.84 Å². The maximum absolute atomic E-state index is 12.2. The Kier molecular flexibility index (Phi) is 3.99. The van der Waals surface area contributed by atoms with Crippen LogP contribution < -0.4 is 10.9 Å². The van der Waals surface area contributed by atoms with Gasteiger partial charge in [0.2, 0.25) is 0 Å². The molecule has 2 heterocycles. The molecule has 0 bridgehead atoms. The van der Waals surface area contributed by atoms with Crippen LogP contribution in [0.25, 0.3) is 0 Å². The zero-order valence-electron chi connectivity index (χ0n) is 13.4. The van der Waals surface area contributed by atoms with E-state index in [1.807, 2.05) is 6.07 Å². The normalized spacial score (nSPS) is 30.0. The lowest BCUT2D eigenvalue weighted by Gasteiger charge is -2.27. The Balaban J connectivity index is 1.49. The lowest BCUT2D eigenvalue weighted by Crippen LogP contribution is -2.47. The molecule has 2 N–H and O–H groups in total. The number of nitrogens with zero attached hydrogens (tertiary/aromatic N) is 2. The van der Waals surface area contributed by atoms with Gasteiger partial charge in [0.05, 0.1) is 36.6 Å². The van der Waals surface area contributed by atoms with Gasteiger partial charge in [-0.25, -0.2) is 4.68 Å². The molecular formula is C17H25N3O3. The molecule has 3 fully saturated rings. The molecule has 2 saturated carbocycles. The molecule has 0 aromatic carbocycles. The summed E-state index contributed by atoms with van der Waals surface area (Å²) in [6, 6.07) is 3.42. The fourth-order valence-electron chi connectivity index (χ4n) is 3.78. The molecule has 2 unspecified atom stereocenters. The topological polar surface area (TPSA) is 76.4 Å². The van der Waals surface area contributed by atoms with Crippen LogP contribution in [-0.4, -0.2) is 46.3 Å². The predicted octanol–water partition coefficient (Wildman–Crippen LogP) is 0.955. The second-order valence-corrected chi connectivity index (χ2v) is 7.34. The highest BCUT2D eigenvalue weighted by Gasteiger charge is 2.36. The number of hydrogen-bond acceptors (Lipinski definition) is 5. The van der Waals surface area contributed by atoms with Gasteiger partial charge >= 0.3 is 0 Å². The van der Waals surface area contributed by atoms with E-state index in [2.05, 4.69) is 10.4 Å². The Labute approximate surface area is 135 Å². The van der Waals surface area contributed by atoms with Gasteiger partial charge in [0.25, 0.3) is 5.56 Å². The minimum absolute atomic E-state index is 0.0271. The van der Waals surface area contributed by atoms with E-state index in [0.29, 0.717) is 25.7 Å². The van der Waals surface area contributed by atoms with Gasteiger partial charge < -0.3 is 15.2 Å². The molecule has 0 spiro atoms. The van der Waals surface area contributed by atoms with E-state index < -0.39 is 5.60 Å². The SMILES string of the molecule is O=c1ccc(C2CC2)nn1C1COCC1NCC1(O)CCCC1. The predicted molar refractivity (Wildman–Crippen MR) is 85.5 cm³/mol. The quantitative estimate of drug-likeness (QED) is 0.845. The molecule has 1 aromatic rings. The molecule has 0 amide bonds. The maximum atomic E-state index is 12.2. The zero-order chi connectivity index (χ0) is 15.9. The summed E-state index contributed by atoms with van der Waals surface area (Å²) in [5.41, 5.74) is 0.349. The van der Waals surface area contributed by atoms with E-state index in [-0.39, 0.29) is 17.6 Å². The van der Waals surface area contributed by atoms with Crippen LogP contribution in [0, 0.1) is 0 Å². The minimum atomic E-state index is -0.596. The summed E-state index contributed by atoms with van der Waals surface area (Å²) in [6.07, 6.45) is 6.23. The number of aromatic nitrogens is 2. The van der Waals surface area contributed by atoms with E-state index in [0.717, 1.165) is 31.4 Å². The highest BCUT2D eigenvalue weighted by atomic mass is 16.5. The van der Waals surface area contributed by atoms with Crippen LogP contribution >= 0.6 is 0 Å². The average molecular weight is 319 g/mol. The van der Waals surface area contributed by atoms with Crippen LogP contribution in [0.1, 0.15) is 56.2 Å². The summed E-state index contributed by atoms with van der Waals surface area (Å²) < 4.78 is 7.19. The Hall–Kier alpha value is -1.24. The summed E-state index contributed by atoms with van der Waals surface area (Å²) in [6.45, 7) is 1.62. The standard InChI is InChI=1S/C17H25N3O3/c21-16-6-5-13(12-3-4-12)19-20(16)15-10-23-9-14(15)18-11-17(22)7-1-2-8-17/h5-6,12,14-15,18,22H,1-4,7-11H2. The first kappa shape index (κ1) is 15.3. The minimum Gasteiger partial charge on any atom is -0.389 e. The average Bonchev–Trinajstić information content (AvgIpc) is 3.13. The van der Waals surface area contributed by atoms with Gasteiger partial charge in [-0.15, -0.1) is 0 Å². The molecule has 23 heavy (non-hydrogen) atoms. The Morgan fingerprint density at radius 3 is 2.83 bits per heavy atom. The fraction of sp³-hybridized carbons (Fsp3) is 0.765. The Morgan fingerprint density at radius 1 is 1.30 bits per heavy atom. The van der Waals surface area contributed by atoms with Crippen molar-refractivity contribution in [3.05, 3.63) is 28.2 Å². The lowest BCUT2D eigenvalue weighted by atomic mass is 10.0. The number of aliphatic hydroxyl groups is 1. The summed E-state index contributed by atoms with van der Waals surface area (Å²) in [5, 5.41) is 18.5. The third-order valence-corrected chi connectivity index (χ3v) is 5.43. The monoisotopic (exact) mass is 319 g/mol. The van der Waals surface area contributed by atoms with Crippen LogP contribution in [0.4, 0.5) is 0 Å². The van der Waals surface area contributed by atoms with Gasteiger partial charge in [-0.05, 0) is 31.7 Å². The third-order valence-electron chi connectivity index (χ3n) is 5.43. The third kappa shape index (κ3) is 3.20. The van der Waals surface area contributed by atoms with Crippen molar-refractivity contribution in [1.29, 1.82) is 0 Å². The van der Waals surface area contributed by atoms with Crippen molar-refractivity contribution in [2.75, 3.05) is 19.8 Å². The van der Waals surface area contributed by atoms with E-state index in [9.17, 15) is 9.90 Å². The van der Waals surface area contributed by atoms with E-state index >= 15 is 0 Å². The van der Waals surface area contributed by atoms with Gasteiger partial charge in [0.1, 0.15) is 0 Å². The summed E-state index contributed by atoms with van der Waals surface area (Å²) in [4.78, 5) is 12.2. The van der Waals surface area contributed by atoms with Crippen LogP contribution in [-0.2, 0) is 4.74 Å². The largest absolute Gasteiger partial charge is 0.389 e. The number of rotatable bonds is 5. The molecule has 6 nitrogen and oxygen atoms in total.